The van der Waals surface area contributed by atoms with Crippen LogP contribution in [0.1, 0.15) is 85.2 Å². The fraction of sp³-hybridized carbons (Fsp3) is 0.711. The number of alkyl halides is 3. The number of para-hydroxylation sites is 1. The molecule has 0 aromatic heterocycles. The number of amides is 1. The molecule has 0 bridgehead atoms. The van der Waals surface area contributed by atoms with Crippen molar-refractivity contribution in [2.45, 2.75) is 92.2 Å². The molecule has 0 unspecified atom stereocenters. The zero-order valence-corrected chi connectivity index (χ0v) is 34.0. The second-order valence-electron chi connectivity index (χ2n) is 16.4. The summed E-state index contributed by atoms with van der Waals surface area (Å²) in [6, 6.07) is 2.98. The van der Waals surface area contributed by atoms with E-state index in [0.717, 1.165) is 18.2 Å². The minimum absolute atomic E-state index is 0.0443. The first-order chi connectivity index (χ1) is 25.2. The molecule has 1 N–H and O–H groups in total. The van der Waals surface area contributed by atoms with Crippen LogP contribution in [0.15, 0.2) is 18.2 Å². The van der Waals surface area contributed by atoms with Crippen molar-refractivity contribution in [2.24, 2.45) is 0 Å². The molecule has 1 aliphatic rings. The molecule has 55 heavy (non-hydrogen) atoms. The van der Waals surface area contributed by atoms with Gasteiger partial charge in [-0.2, -0.15) is 13.2 Å². The first-order valence-electron chi connectivity index (χ1n) is 18.5. The molecule has 14 nitrogen and oxygen atoms in total. The van der Waals surface area contributed by atoms with Crippen molar-refractivity contribution in [2.75, 3.05) is 90.5 Å². The van der Waals surface area contributed by atoms with Gasteiger partial charge < -0.3 is 24.3 Å². The van der Waals surface area contributed by atoms with Crippen molar-refractivity contribution in [3.63, 3.8) is 0 Å². The van der Waals surface area contributed by atoms with Gasteiger partial charge in [0, 0.05) is 52.4 Å². The summed E-state index contributed by atoms with van der Waals surface area (Å²) >= 11 is 0. The number of benzene rings is 1. The van der Waals surface area contributed by atoms with Crippen molar-refractivity contribution in [3.8, 4) is 0 Å². The maximum absolute atomic E-state index is 14.1. The lowest BCUT2D eigenvalue weighted by molar-refractivity contribution is -0.158. The maximum Gasteiger partial charge on any atom is 0.418 e. The minimum Gasteiger partial charge on any atom is -0.462 e. The van der Waals surface area contributed by atoms with Gasteiger partial charge in [0.15, 0.2) is 0 Å². The van der Waals surface area contributed by atoms with Crippen LogP contribution in [0.3, 0.4) is 0 Å². The molecule has 0 spiro atoms. The summed E-state index contributed by atoms with van der Waals surface area (Å²) in [5.74, 6) is -3.25. The quantitative estimate of drug-likeness (QED) is 0.254. The smallest absolute Gasteiger partial charge is 0.418 e. The van der Waals surface area contributed by atoms with Crippen LogP contribution >= 0.6 is 0 Å². The third-order valence-electron chi connectivity index (χ3n) is 7.74. The monoisotopic (exact) mass is 787 g/mol. The molecule has 312 valence electrons. The van der Waals surface area contributed by atoms with Crippen molar-refractivity contribution in [3.05, 3.63) is 29.3 Å². The largest absolute Gasteiger partial charge is 0.462 e. The second-order valence-corrected chi connectivity index (χ2v) is 16.4. The van der Waals surface area contributed by atoms with Gasteiger partial charge in [-0.1, -0.05) is 6.07 Å². The van der Waals surface area contributed by atoms with E-state index in [4.69, 9.17) is 18.9 Å². The topological polar surface area (TPSA) is 147 Å². The van der Waals surface area contributed by atoms with Crippen LogP contribution in [0, 0.1) is 0 Å². The molecule has 1 heterocycles. The molecule has 1 saturated heterocycles. The number of hydrogen-bond acceptors (Lipinski definition) is 13. The summed E-state index contributed by atoms with van der Waals surface area (Å²) in [7, 11) is 0. The van der Waals surface area contributed by atoms with Crippen LogP contribution in [0.5, 0.6) is 0 Å². The Labute approximate surface area is 322 Å². The summed E-state index contributed by atoms with van der Waals surface area (Å²) in [6.45, 7) is 18.6. The lowest BCUT2D eigenvalue weighted by atomic mass is 10.1. The minimum atomic E-state index is -4.89. The molecule has 0 aliphatic carbocycles. The van der Waals surface area contributed by atoms with Crippen molar-refractivity contribution < 1.29 is 56.1 Å². The number of rotatable bonds is 11. The Balaban J connectivity index is 2.45. The predicted molar refractivity (Wildman–Crippen MR) is 199 cm³/mol. The van der Waals surface area contributed by atoms with Crippen molar-refractivity contribution in [1.29, 1.82) is 0 Å². The van der Waals surface area contributed by atoms with Gasteiger partial charge >= 0.3 is 30.1 Å². The summed E-state index contributed by atoms with van der Waals surface area (Å²) in [5, 5.41) is 2.31. The van der Waals surface area contributed by atoms with Crippen molar-refractivity contribution >= 4 is 35.5 Å². The molecule has 1 aromatic carbocycles. The highest BCUT2D eigenvalue weighted by molar-refractivity contribution is 6.03. The standard InChI is InChI=1S/C38H60F3N5O9/c1-11-52-34(51)27-13-12-14-28(38(39,40)41)33(27)42-29(47)23-43-15-17-44(24-30(48)53-35(2,3)4)19-21-46(26-32(50)55-37(8,9)10)22-20-45(18-16-43)25-31(49)54-36(5,6)7/h12-14H,11,15-26H2,1-10H3,(H,42,47). The summed E-state index contributed by atoms with van der Waals surface area (Å²) in [5.41, 5.74) is -4.56. The van der Waals surface area contributed by atoms with Gasteiger partial charge in [0.05, 0.1) is 49.6 Å². The molecular formula is C38H60F3N5O9. The number of ether oxygens (including phenoxy) is 4. The average molecular weight is 788 g/mol. The summed E-state index contributed by atoms with van der Waals surface area (Å²) in [6.07, 6.45) is -4.89. The van der Waals surface area contributed by atoms with Crippen LogP contribution in [0.2, 0.25) is 0 Å². The maximum atomic E-state index is 14.1. The molecule has 1 aliphatic heterocycles. The molecule has 17 heteroatoms. The number of nitrogens with one attached hydrogen (secondary N) is 1. The molecule has 0 atom stereocenters. The number of anilines is 1. The molecule has 1 amide bonds. The van der Waals surface area contributed by atoms with Gasteiger partial charge in [-0.25, -0.2) is 4.79 Å². The lowest BCUT2D eigenvalue weighted by Gasteiger charge is -2.34. The van der Waals surface area contributed by atoms with Crippen LogP contribution < -0.4 is 5.32 Å². The fourth-order valence-electron chi connectivity index (χ4n) is 5.56. The van der Waals surface area contributed by atoms with E-state index in [2.05, 4.69) is 5.32 Å². The average Bonchev–Trinajstić information content (AvgIpc) is 2.99. The van der Waals surface area contributed by atoms with Crippen LogP contribution in [0.25, 0.3) is 0 Å². The third kappa shape index (κ3) is 19.1. The second kappa shape index (κ2) is 20.4. The van der Waals surface area contributed by atoms with E-state index in [-0.39, 0.29) is 59.0 Å². The van der Waals surface area contributed by atoms with E-state index in [0.29, 0.717) is 26.2 Å². The summed E-state index contributed by atoms with van der Waals surface area (Å²) < 4.78 is 63.9. The Morgan fingerprint density at radius 1 is 0.600 bits per heavy atom. The number of carbonyl (C=O) groups excluding carboxylic acids is 5. The van der Waals surface area contributed by atoms with Crippen LogP contribution in [0.4, 0.5) is 18.9 Å². The van der Waals surface area contributed by atoms with E-state index in [1.807, 2.05) is 14.7 Å². The van der Waals surface area contributed by atoms with Crippen LogP contribution in [-0.4, -0.2) is 151 Å². The lowest BCUT2D eigenvalue weighted by Crippen LogP contribution is -2.50. The number of hydrogen-bond donors (Lipinski definition) is 1. The number of halogens is 3. The highest BCUT2D eigenvalue weighted by Crippen LogP contribution is 2.37. The SMILES string of the molecule is CCOC(=O)c1cccc(C(F)(F)F)c1NC(=O)CN1CCN(CC(=O)OC(C)(C)C)CCN(CC(=O)OC(C)(C)C)CCN(CC(=O)OC(C)(C)C)CC1. The Morgan fingerprint density at radius 2 is 0.945 bits per heavy atom. The van der Waals surface area contributed by atoms with E-state index in [1.165, 1.54) is 6.92 Å². The normalized spacial score (nSPS) is 16.7. The molecular weight excluding hydrogens is 727 g/mol. The third-order valence-corrected chi connectivity index (χ3v) is 7.74. The Morgan fingerprint density at radius 3 is 1.25 bits per heavy atom. The van der Waals surface area contributed by atoms with Gasteiger partial charge in [-0.05, 0) is 81.4 Å². The van der Waals surface area contributed by atoms with Crippen LogP contribution in [-0.2, 0) is 44.3 Å². The van der Waals surface area contributed by atoms with E-state index < -0.39 is 69.6 Å². The summed E-state index contributed by atoms with van der Waals surface area (Å²) in [4.78, 5) is 72.2. The van der Waals surface area contributed by atoms with Gasteiger partial charge in [0.25, 0.3) is 0 Å². The highest BCUT2D eigenvalue weighted by atomic mass is 19.4. The first kappa shape index (κ1) is 47.4. The molecule has 0 radical (unpaired) electrons. The number of nitrogens with zero attached hydrogens (tertiary/aromatic N) is 4. The van der Waals surface area contributed by atoms with Gasteiger partial charge in [0.2, 0.25) is 5.91 Å². The molecule has 2 rings (SSSR count). The van der Waals surface area contributed by atoms with E-state index >= 15 is 0 Å². The van der Waals surface area contributed by atoms with Gasteiger partial charge in [-0.15, -0.1) is 0 Å². The van der Waals surface area contributed by atoms with E-state index in [9.17, 15) is 37.1 Å². The number of carbonyl (C=O) groups is 5. The predicted octanol–water partition coefficient (Wildman–Crippen LogP) is 4.07. The zero-order chi connectivity index (χ0) is 41.8. The van der Waals surface area contributed by atoms with Crippen molar-refractivity contribution in [1.82, 2.24) is 19.6 Å². The zero-order valence-electron chi connectivity index (χ0n) is 34.0. The van der Waals surface area contributed by atoms with Gasteiger partial charge in [0.1, 0.15) is 16.8 Å². The molecule has 0 saturated carbocycles. The number of esters is 4. The fourth-order valence-corrected chi connectivity index (χ4v) is 5.56. The first-order valence-corrected chi connectivity index (χ1v) is 18.5. The molecule has 1 aromatic rings. The van der Waals surface area contributed by atoms with E-state index in [1.54, 1.807) is 67.2 Å². The molecule has 1 fully saturated rings. The highest BCUT2D eigenvalue weighted by Gasteiger charge is 2.36. The Kier molecular flexibility index (Phi) is 17.6. The Bertz CT molecular complexity index is 1420. The Hall–Kier alpha value is -3.80. The van der Waals surface area contributed by atoms with Gasteiger partial charge in [-0.3, -0.25) is 38.8 Å².